The lowest BCUT2D eigenvalue weighted by Crippen LogP contribution is -1.95. The second-order valence-electron chi connectivity index (χ2n) is 3.61. The van der Waals surface area contributed by atoms with Crippen molar-refractivity contribution in [3.8, 4) is 11.6 Å². The van der Waals surface area contributed by atoms with E-state index in [1.807, 2.05) is 18.2 Å². The highest BCUT2D eigenvalue weighted by atomic mass is 79.9. The van der Waals surface area contributed by atoms with Crippen LogP contribution < -0.4 is 4.74 Å². The maximum Gasteiger partial charge on any atom is 0.288 e. The Morgan fingerprint density at radius 2 is 2.11 bits per heavy atom. The number of ether oxygens (including phenoxy) is 1. The molecular weight excluding hydrogens is 300 g/mol. The Morgan fingerprint density at radius 3 is 2.72 bits per heavy atom. The average molecular weight is 309 g/mol. The molecule has 0 saturated carbocycles. The minimum atomic E-state index is -0.484. The van der Waals surface area contributed by atoms with Crippen LogP contribution in [0.15, 0.2) is 41.0 Å². The van der Waals surface area contributed by atoms with E-state index >= 15 is 0 Å². The topological polar surface area (TPSA) is 65.3 Å². The van der Waals surface area contributed by atoms with E-state index in [-0.39, 0.29) is 5.69 Å². The van der Waals surface area contributed by atoms with Gasteiger partial charge in [0.25, 0.3) is 5.69 Å². The normalized spacial score (nSPS) is 10.1. The minimum Gasteiger partial charge on any atom is -0.438 e. The molecule has 6 heteroatoms. The molecular formula is C12H9BrN2O3. The van der Waals surface area contributed by atoms with Crippen molar-refractivity contribution in [2.45, 2.75) is 6.92 Å². The first-order valence-electron chi connectivity index (χ1n) is 5.11. The molecule has 0 fully saturated rings. The van der Waals surface area contributed by atoms with Crippen molar-refractivity contribution >= 4 is 21.6 Å². The van der Waals surface area contributed by atoms with Gasteiger partial charge in [-0.25, -0.2) is 4.98 Å². The van der Waals surface area contributed by atoms with E-state index in [1.165, 1.54) is 12.3 Å². The van der Waals surface area contributed by atoms with Gasteiger partial charge in [-0.05, 0) is 35.0 Å². The van der Waals surface area contributed by atoms with Gasteiger partial charge in [0, 0.05) is 11.6 Å². The van der Waals surface area contributed by atoms with Crippen LogP contribution in [0.1, 0.15) is 5.56 Å². The molecule has 0 aliphatic carbocycles. The standard InChI is InChI=1S/C12H9BrN2O3/c1-8-6-9(15(16)17)7-14-12(8)18-11-5-3-2-4-10(11)13/h2-7H,1H3. The summed E-state index contributed by atoms with van der Waals surface area (Å²) in [5, 5.41) is 10.6. The molecule has 0 aliphatic rings. The summed E-state index contributed by atoms with van der Waals surface area (Å²) in [7, 11) is 0. The van der Waals surface area contributed by atoms with Gasteiger partial charge in [-0.1, -0.05) is 12.1 Å². The highest BCUT2D eigenvalue weighted by Crippen LogP contribution is 2.30. The van der Waals surface area contributed by atoms with E-state index < -0.39 is 4.92 Å². The molecule has 0 amide bonds. The Balaban J connectivity index is 2.30. The average Bonchev–Trinajstić information content (AvgIpc) is 2.34. The van der Waals surface area contributed by atoms with Crippen LogP contribution in [0.3, 0.4) is 0 Å². The second-order valence-corrected chi connectivity index (χ2v) is 4.46. The van der Waals surface area contributed by atoms with E-state index in [1.54, 1.807) is 13.0 Å². The molecule has 1 heterocycles. The second kappa shape index (κ2) is 5.14. The first-order chi connectivity index (χ1) is 8.58. The van der Waals surface area contributed by atoms with Gasteiger partial charge >= 0.3 is 0 Å². The predicted octanol–water partition coefficient (Wildman–Crippen LogP) is 3.85. The van der Waals surface area contributed by atoms with E-state index in [0.29, 0.717) is 17.2 Å². The highest BCUT2D eigenvalue weighted by Gasteiger charge is 2.11. The van der Waals surface area contributed by atoms with E-state index in [9.17, 15) is 10.1 Å². The number of pyridine rings is 1. The van der Waals surface area contributed by atoms with Gasteiger partial charge in [-0.15, -0.1) is 0 Å². The number of nitro groups is 1. The first kappa shape index (κ1) is 12.5. The number of hydrogen-bond donors (Lipinski definition) is 0. The van der Waals surface area contributed by atoms with Crippen LogP contribution in [0.25, 0.3) is 0 Å². The van der Waals surface area contributed by atoms with Crippen molar-refractivity contribution in [2.24, 2.45) is 0 Å². The lowest BCUT2D eigenvalue weighted by Gasteiger charge is -2.08. The van der Waals surface area contributed by atoms with Crippen LogP contribution in [0.4, 0.5) is 5.69 Å². The first-order valence-corrected chi connectivity index (χ1v) is 5.90. The molecule has 1 aromatic carbocycles. The zero-order chi connectivity index (χ0) is 13.1. The third kappa shape index (κ3) is 2.65. The smallest absolute Gasteiger partial charge is 0.288 e. The molecule has 18 heavy (non-hydrogen) atoms. The number of benzene rings is 1. The van der Waals surface area contributed by atoms with Crippen LogP contribution in [0.2, 0.25) is 0 Å². The molecule has 5 nitrogen and oxygen atoms in total. The lowest BCUT2D eigenvalue weighted by atomic mass is 10.3. The van der Waals surface area contributed by atoms with Crippen molar-refractivity contribution in [1.29, 1.82) is 0 Å². The summed E-state index contributed by atoms with van der Waals surface area (Å²) in [4.78, 5) is 14.1. The van der Waals surface area contributed by atoms with Crippen molar-refractivity contribution in [3.63, 3.8) is 0 Å². The number of hydrogen-bond acceptors (Lipinski definition) is 4. The van der Waals surface area contributed by atoms with Gasteiger partial charge in [0.15, 0.2) is 0 Å². The van der Waals surface area contributed by atoms with Crippen LogP contribution in [0.5, 0.6) is 11.6 Å². The summed E-state index contributed by atoms with van der Waals surface area (Å²) in [6.07, 6.45) is 1.18. The van der Waals surface area contributed by atoms with Gasteiger partial charge in [0.05, 0.1) is 9.40 Å². The summed E-state index contributed by atoms with van der Waals surface area (Å²) in [5.74, 6) is 0.967. The van der Waals surface area contributed by atoms with Crippen molar-refractivity contribution in [2.75, 3.05) is 0 Å². The molecule has 0 aliphatic heterocycles. The fraction of sp³-hybridized carbons (Fsp3) is 0.0833. The molecule has 0 N–H and O–H groups in total. The Hall–Kier alpha value is -1.95. The Labute approximate surface area is 112 Å². The molecule has 0 bridgehead atoms. The largest absolute Gasteiger partial charge is 0.438 e. The summed E-state index contributed by atoms with van der Waals surface area (Å²) in [6, 6.07) is 8.76. The van der Waals surface area contributed by atoms with Gasteiger partial charge in [-0.3, -0.25) is 10.1 Å². The molecule has 2 aromatic rings. The summed E-state index contributed by atoms with van der Waals surface area (Å²) >= 11 is 3.35. The number of nitrogens with zero attached hydrogens (tertiary/aromatic N) is 2. The molecule has 1 aromatic heterocycles. The summed E-state index contributed by atoms with van der Waals surface area (Å²) < 4.78 is 6.39. The quantitative estimate of drug-likeness (QED) is 0.638. The number of halogens is 1. The van der Waals surface area contributed by atoms with E-state index in [2.05, 4.69) is 20.9 Å². The third-order valence-corrected chi connectivity index (χ3v) is 2.93. The predicted molar refractivity (Wildman–Crippen MR) is 69.8 cm³/mol. The maximum absolute atomic E-state index is 10.6. The fourth-order valence-corrected chi connectivity index (χ4v) is 1.75. The monoisotopic (exact) mass is 308 g/mol. The van der Waals surface area contributed by atoms with Crippen molar-refractivity contribution < 1.29 is 9.66 Å². The highest BCUT2D eigenvalue weighted by molar-refractivity contribution is 9.10. The number of rotatable bonds is 3. The molecule has 0 unspecified atom stereocenters. The van der Waals surface area contributed by atoms with Crippen molar-refractivity contribution in [3.05, 3.63) is 56.7 Å². The zero-order valence-electron chi connectivity index (χ0n) is 9.46. The fourth-order valence-electron chi connectivity index (χ4n) is 1.39. The number of para-hydroxylation sites is 1. The van der Waals surface area contributed by atoms with Gasteiger partial charge in [-0.2, -0.15) is 0 Å². The van der Waals surface area contributed by atoms with Gasteiger partial charge in [0.2, 0.25) is 5.88 Å². The molecule has 0 saturated heterocycles. The molecule has 92 valence electrons. The Morgan fingerprint density at radius 1 is 1.39 bits per heavy atom. The summed E-state index contributed by atoms with van der Waals surface area (Å²) in [5.41, 5.74) is 0.562. The molecule has 0 spiro atoms. The molecule has 0 radical (unpaired) electrons. The Kier molecular flexibility index (Phi) is 3.57. The van der Waals surface area contributed by atoms with Crippen LogP contribution >= 0.6 is 15.9 Å². The number of aryl methyl sites for hydroxylation is 1. The van der Waals surface area contributed by atoms with Crippen LogP contribution in [-0.2, 0) is 0 Å². The van der Waals surface area contributed by atoms with Crippen molar-refractivity contribution in [1.82, 2.24) is 4.98 Å². The van der Waals surface area contributed by atoms with Crippen LogP contribution in [-0.4, -0.2) is 9.91 Å². The molecule has 2 rings (SSSR count). The van der Waals surface area contributed by atoms with E-state index in [4.69, 9.17) is 4.74 Å². The Bertz CT molecular complexity index is 602. The minimum absolute atomic E-state index is 0.0491. The SMILES string of the molecule is Cc1cc([N+](=O)[O-])cnc1Oc1ccccc1Br. The van der Waals surface area contributed by atoms with E-state index in [0.717, 1.165) is 4.47 Å². The third-order valence-electron chi connectivity index (χ3n) is 2.27. The van der Waals surface area contributed by atoms with Crippen LogP contribution in [0, 0.1) is 17.0 Å². The number of aromatic nitrogens is 1. The summed E-state index contributed by atoms with van der Waals surface area (Å²) in [6.45, 7) is 1.71. The van der Waals surface area contributed by atoms with Gasteiger partial charge < -0.3 is 4.74 Å². The molecule has 0 atom stereocenters. The van der Waals surface area contributed by atoms with Gasteiger partial charge in [0.1, 0.15) is 11.9 Å². The lowest BCUT2D eigenvalue weighted by molar-refractivity contribution is -0.385. The maximum atomic E-state index is 10.6. The zero-order valence-corrected chi connectivity index (χ0v) is 11.0.